The van der Waals surface area contributed by atoms with Crippen LogP contribution in [0.25, 0.3) is 44.0 Å². The first-order chi connectivity index (χ1) is 17.9. The van der Waals surface area contributed by atoms with E-state index in [0.717, 1.165) is 12.1 Å². The molecule has 38 heavy (non-hydrogen) atoms. The number of alkyl halides is 3. The number of nitrogens with zero attached hydrogens (tertiary/aromatic N) is 2. The van der Waals surface area contributed by atoms with Crippen LogP contribution in [-0.2, 0) is 16.8 Å². The average Bonchev–Trinajstić information content (AvgIpc) is 3.25. The van der Waals surface area contributed by atoms with E-state index < -0.39 is 33.3 Å². The third-order valence-corrected chi connectivity index (χ3v) is 6.99. The molecule has 0 aliphatic rings. The molecule has 0 unspecified atom stereocenters. The van der Waals surface area contributed by atoms with Gasteiger partial charge in [-0.05, 0) is 48.9 Å². The minimum Gasteiger partial charge on any atom is -0.483 e. The molecule has 2 aromatic heterocycles. The number of halogens is 4. The number of H-pyrrole nitrogens is 1. The van der Waals surface area contributed by atoms with E-state index in [1.54, 1.807) is 29.7 Å². The molecular formula is C26H17F4N3O4S. The summed E-state index contributed by atoms with van der Waals surface area (Å²) in [5.74, 6) is -0.325. The van der Waals surface area contributed by atoms with Crippen LogP contribution in [0.15, 0.2) is 64.3 Å². The Bertz CT molecular complexity index is 1970. The molecule has 0 saturated carbocycles. The van der Waals surface area contributed by atoms with Crippen LogP contribution in [0.5, 0.6) is 5.75 Å². The van der Waals surface area contributed by atoms with Gasteiger partial charge in [-0.2, -0.15) is 26.9 Å². The summed E-state index contributed by atoms with van der Waals surface area (Å²) in [6, 6.07) is 14.0. The second-order valence-corrected chi connectivity index (χ2v) is 9.88. The summed E-state index contributed by atoms with van der Waals surface area (Å²) in [7, 11) is -5.10. The van der Waals surface area contributed by atoms with Gasteiger partial charge in [0.15, 0.2) is 12.0 Å². The van der Waals surface area contributed by atoms with Gasteiger partial charge in [-0.3, -0.25) is 4.79 Å². The summed E-state index contributed by atoms with van der Waals surface area (Å²) in [6.45, 7) is 0.479. The van der Waals surface area contributed by atoms with Crippen LogP contribution in [0.3, 0.4) is 0 Å². The highest BCUT2D eigenvalue weighted by Crippen LogP contribution is 2.37. The van der Waals surface area contributed by atoms with Crippen molar-refractivity contribution < 1.29 is 30.2 Å². The van der Waals surface area contributed by atoms with Gasteiger partial charge in [0.2, 0.25) is 0 Å². The van der Waals surface area contributed by atoms with Gasteiger partial charge < -0.3 is 14.3 Å². The molecule has 1 N–H and O–H groups in total. The highest BCUT2D eigenvalue weighted by molar-refractivity contribution is 7.86. The zero-order valence-corrected chi connectivity index (χ0v) is 20.4. The lowest BCUT2D eigenvalue weighted by molar-refractivity contribution is -0.153. The van der Waals surface area contributed by atoms with E-state index in [1.165, 1.54) is 24.3 Å². The monoisotopic (exact) mass is 543 g/mol. The lowest BCUT2D eigenvalue weighted by Crippen LogP contribution is -2.20. The maximum atomic E-state index is 13.7. The largest absolute Gasteiger partial charge is 0.483 e. The maximum Gasteiger partial charge on any atom is 0.422 e. The summed E-state index contributed by atoms with van der Waals surface area (Å²) in [6.07, 6.45) is -4.70. The van der Waals surface area contributed by atoms with Crippen LogP contribution in [0.1, 0.15) is 12.5 Å². The number of aryl methyl sites for hydroxylation is 1. The standard InChI is InChI=1S/C26H17F4N3O4S/c1-2-33-21-10-18(15-4-3-5-16(9-15)38(30,35)36)22(37-13-26(27,28)29)11-19(21)24(34)23-17-7-6-14(12-31)8-20(17)32-25(23)33/h3-11,32H,2,13H2,1H3. The zero-order chi connectivity index (χ0) is 27.4. The molecule has 5 aromatic rings. The number of pyridine rings is 1. The number of hydrogen-bond donors (Lipinski definition) is 1. The first-order valence-corrected chi connectivity index (χ1v) is 12.6. The molecule has 2 heterocycles. The molecule has 3 aromatic carbocycles. The van der Waals surface area contributed by atoms with Gasteiger partial charge in [-0.25, -0.2) is 0 Å². The molecule has 0 fully saturated rings. The lowest BCUT2D eigenvalue weighted by Gasteiger charge is -2.17. The highest BCUT2D eigenvalue weighted by Gasteiger charge is 2.29. The van der Waals surface area contributed by atoms with Gasteiger partial charge >= 0.3 is 16.4 Å². The fourth-order valence-corrected chi connectivity index (χ4v) is 5.07. The van der Waals surface area contributed by atoms with Crippen molar-refractivity contribution in [2.75, 3.05) is 6.61 Å². The Morgan fingerprint density at radius 1 is 1.08 bits per heavy atom. The number of aromatic amines is 1. The smallest absolute Gasteiger partial charge is 0.422 e. The molecule has 194 valence electrons. The first kappa shape index (κ1) is 25.3. The molecule has 0 saturated heterocycles. The van der Waals surface area contributed by atoms with Crippen molar-refractivity contribution in [1.82, 2.24) is 9.55 Å². The molecule has 5 rings (SSSR count). The average molecular weight is 543 g/mol. The number of ether oxygens (including phenoxy) is 1. The van der Waals surface area contributed by atoms with Gasteiger partial charge in [0.1, 0.15) is 11.4 Å². The molecule has 7 nitrogen and oxygen atoms in total. The molecule has 0 aliphatic carbocycles. The van der Waals surface area contributed by atoms with Crippen LogP contribution >= 0.6 is 0 Å². The lowest BCUT2D eigenvalue weighted by atomic mass is 10.0. The number of aromatic nitrogens is 2. The number of benzene rings is 3. The molecule has 12 heteroatoms. The Morgan fingerprint density at radius 2 is 1.84 bits per heavy atom. The predicted octanol–water partition coefficient (Wildman–Crippen LogP) is 5.79. The van der Waals surface area contributed by atoms with Crippen molar-refractivity contribution in [3.63, 3.8) is 0 Å². The van der Waals surface area contributed by atoms with Crippen molar-refractivity contribution in [1.29, 1.82) is 5.26 Å². The molecule has 0 spiro atoms. The van der Waals surface area contributed by atoms with Crippen molar-refractivity contribution in [3.8, 4) is 22.9 Å². The molecule has 0 bridgehead atoms. The SMILES string of the molecule is CCn1c2cc(-c3cccc(S(=O)(=O)F)c3)c(OCC(F)(F)F)cc2c(=O)c2c3ccc(C#N)cc3[nH]c21. The van der Waals surface area contributed by atoms with Gasteiger partial charge in [-0.15, -0.1) is 3.89 Å². The van der Waals surface area contributed by atoms with Crippen molar-refractivity contribution >= 4 is 43.1 Å². The Balaban J connectivity index is 1.88. The van der Waals surface area contributed by atoms with Gasteiger partial charge in [0.25, 0.3) is 0 Å². The van der Waals surface area contributed by atoms with Crippen LogP contribution in [0.2, 0.25) is 0 Å². The van der Waals surface area contributed by atoms with E-state index in [4.69, 9.17) is 4.74 Å². The second-order valence-electron chi connectivity index (χ2n) is 8.53. The zero-order valence-electron chi connectivity index (χ0n) is 19.6. The van der Waals surface area contributed by atoms with Crippen LogP contribution < -0.4 is 10.2 Å². The van der Waals surface area contributed by atoms with Crippen LogP contribution in [-0.4, -0.2) is 30.8 Å². The number of hydrogen-bond acceptors (Lipinski definition) is 5. The van der Waals surface area contributed by atoms with Gasteiger partial charge in [0, 0.05) is 23.0 Å². The number of fused-ring (bicyclic) bond motifs is 4. The fraction of sp³-hybridized carbons (Fsp3) is 0.154. The Morgan fingerprint density at radius 3 is 2.50 bits per heavy atom. The number of rotatable bonds is 5. The summed E-state index contributed by atoms with van der Waals surface area (Å²) in [5.41, 5.74) is 1.31. The van der Waals surface area contributed by atoms with E-state index in [-0.39, 0.29) is 22.3 Å². The predicted molar refractivity (Wildman–Crippen MR) is 133 cm³/mol. The van der Waals surface area contributed by atoms with E-state index in [1.807, 2.05) is 6.07 Å². The summed E-state index contributed by atoms with van der Waals surface area (Å²) in [5, 5.41) is 10.1. The van der Waals surface area contributed by atoms with E-state index >= 15 is 0 Å². The maximum absolute atomic E-state index is 13.7. The van der Waals surface area contributed by atoms with E-state index in [2.05, 4.69) is 4.98 Å². The third-order valence-electron chi connectivity index (χ3n) is 6.17. The van der Waals surface area contributed by atoms with Crippen molar-refractivity contribution in [2.45, 2.75) is 24.5 Å². The third kappa shape index (κ3) is 4.35. The molecule has 0 aliphatic heterocycles. The summed E-state index contributed by atoms with van der Waals surface area (Å²) in [4.78, 5) is 16.1. The molecule has 0 amide bonds. The minimum absolute atomic E-state index is 0.0380. The summed E-state index contributed by atoms with van der Waals surface area (Å²) >= 11 is 0. The quantitative estimate of drug-likeness (QED) is 0.223. The normalized spacial score (nSPS) is 12.3. The van der Waals surface area contributed by atoms with Crippen molar-refractivity contribution in [2.24, 2.45) is 0 Å². The number of nitriles is 1. The molecule has 0 atom stereocenters. The minimum atomic E-state index is -5.10. The Labute approximate surface area is 212 Å². The number of nitrogens with one attached hydrogen (secondary N) is 1. The second kappa shape index (κ2) is 8.88. The molecular weight excluding hydrogens is 526 g/mol. The van der Waals surface area contributed by atoms with Crippen molar-refractivity contribution in [3.05, 3.63) is 70.4 Å². The Kier molecular flexibility index (Phi) is 5.91. The topological polar surface area (TPSA) is 105 Å². The highest BCUT2D eigenvalue weighted by atomic mass is 32.3. The first-order valence-electron chi connectivity index (χ1n) is 11.2. The van der Waals surface area contributed by atoms with Gasteiger partial charge in [-0.1, -0.05) is 18.2 Å². The van der Waals surface area contributed by atoms with Crippen LogP contribution in [0, 0.1) is 11.3 Å². The fourth-order valence-electron chi connectivity index (χ4n) is 4.56. The summed E-state index contributed by atoms with van der Waals surface area (Å²) < 4.78 is 82.7. The molecule has 0 radical (unpaired) electrons. The Hall–Kier alpha value is -4.37. The van der Waals surface area contributed by atoms with Gasteiger partial charge in [0.05, 0.1) is 32.8 Å². The van der Waals surface area contributed by atoms with Crippen LogP contribution in [0.4, 0.5) is 17.1 Å². The van der Waals surface area contributed by atoms with E-state index in [0.29, 0.717) is 39.6 Å². The van der Waals surface area contributed by atoms with E-state index in [9.17, 15) is 35.5 Å².